The maximum Gasteiger partial charge on any atom is 0.307 e. The molecule has 0 aliphatic rings. The van der Waals surface area contributed by atoms with Gasteiger partial charge in [-0.15, -0.1) is 0 Å². The molecule has 0 aliphatic carbocycles. The molecule has 1 aromatic heterocycles. The van der Waals surface area contributed by atoms with E-state index in [1.807, 2.05) is 62.4 Å². The molecule has 1 N–H and O–H groups in total. The minimum Gasteiger partial charge on any atom is -0.469 e. The topological polar surface area (TPSA) is 73.2 Å². The van der Waals surface area contributed by atoms with Gasteiger partial charge in [0.15, 0.2) is 0 Å². The summed E-state index contributed by atoms with van der Waals surface area (Å²) < 4.78 is 6.30. The molecule has 0 atom stereocenters. The highest BCUT2D eigenvalue weighted by Crippen LogP contribution is 2.25. The van der Waals surface area contributed by atoms with Crippen molar-refractivity contribution >= 4 is 11.9 Å². The molecule has 2 aromatic carbocycles. The summed E-state index contributed by atoms with van der Waals surface area (Å²) in [5.41, 5.74) is 5.09. The highest BCUT2D eigenvalue weighted by atomic mass is 16.5. The zero-order valence-corrected chi connectivity index (χ0v) is 16.2. The van der Waals surface area contributed by atoms with Gasteiger partial charge in [0.2, 0.25) is 0 Å². The third kappa shape index (κ3) is 4.28. The number of amides is 1. The van der Waals surface area contributed by atoms with Crippen molar-refractivity contribution in [3.8, 4) is 16.9 Å². The van der Waals surface area contributed by atoms with Gasteiger partial charge in [-0.05, 0) is 43.2 Å². The van der Waals surface area contributed by atoms with Crippen LogP contribution < -0.4 is 5.32 Å². The summed E-state index contributed by atoms with van der Waals surface area (Å²) in [6.45, 7) is 4.28. The molecule has 0 saturated carbocycles. The fraction of sp³-hybridized carbons (Fsp3) is 0.227. The smallest absolute Gasteiger partial charge is 0.307 e. The molecule has 3 rings (SSSR count). The number of esters is 1. The van der Waals surface area contributed by atoms with E-state index in [0.717, 1.165) is 16.8 Å². The van der Waals surface area contributed by atoms with Gasteiger partial charge in [-0.25, -0.2) is 4.68 Å². The number of aromatic nitrogens is 2. The fourth-order valence-corrected chi connectivity index (χ4v) is 2.83. The van der Waals surface area contributed by atoms with Crippen molar-refractivity contribution in [2.75, 3.05) is 13.7 Å². The monoisotopic (exact) mass is 377 g/mol. The van der Waals surface area contributed by atoms with Crippen LogP contribution in [0.4, 0.5) is 0 Å². The van der Waals surface area contributed by atoms with Gasteiger partial charge in [0.1, 0.15) is 5.69 Å². The summed E-state index contributed by atoms with van der Waals surface area (Å²) in [7, 11) is 1.33. The zero-order chi connectivity index (χ0) is 20.1. The lowest BCUT2D eigenvalue weighted by Crippen LogP contribution is -2.26. The molecule has 0 saturated heterocycles. The molecule has 0 spiro atoms. The Hall–Kier alpha value is -3.41. The van der Waals surface area contributed by atoms with Gasteiger partial charge in [0, 0.05) is 18.3 Å². The Bertz CT molecular complexity index is 994. The molecular formula is C22H23N3O3. The fourth-order valence-electron chi connectivity index (χ4n) is 2.83. The predicted octanol–water partition coefficient (Wildman–Crippen LogP) is 3.45. The number of nitrogens with zero attached hydrogens (tertiary/aromatic N) is 2. The zero-order valence-electron chi connectivity index (χ0n) is 16.2. The molecule has 0 radical (unpaired) electrons. The lowest BCUT2D eigenvalue weighted by molar-refractivity contribution is -0.140. The van der Waals surface area contributed by atoms with Crippen molar-refractivity contribution in [3.05, 3.63) is 71.4 Å². The molecule has 0 unspecified atom stereocenters. The van der Waals surface area contributed by atoms with Gasteiger partial charge in [-0.3, -0.25) is 9.59 Å². The number of nitrogens with one attached hydrogen (secondary N) is 1. The molecule has 6 nitrogen and oxygen atoms in total. The predicted molar refractivity (Wildman–Crippen MR) is 107 cm³/mol. The second-order valence-electron chi connectivity index (χ2n) is 6.55. The number of carbonyl (C=O) groups excluding carboxylic acids is 2. The van der Waals surface area contributed by atoms with E-state index < -0.39 is 0 Å². The first-order chi connectivity index (χ1) is 13.5. The first-order valence-corrected chi connectivity index (χ1v) is 9.07. The quantitative estimate of drug-likeness (QED) is 0.668. The molecule has 1 amide bonds. The van der Waals surface area contributed by atoms with Crippen molar-refractivity contribution < 1.29 is 14.3 Å². The van der Waals surface area contributed by atoms with Crippen LogP contribution in [-0.2, 0) is 9.53 Å². The minimum atomic E-state index is -0.366. The number of para-hydroxylation sites is 1. The summed E-state index contributed by atoms with van der Waals surface area (Å²) in [5.74, 6) is -0.644. The van der Waals surface area contributed by atoms with Crippen LogP contribution in [-0.4, -0.2) is 35.3 Å². The minimum absolute atomic E-state index is 0.119. The van der Waals surface area contributed by atoms with E-state index >= 15 is 0 Å². The molecule has 3 aromatic rings. The van der Waals surface area contributed by atoms with Crippen LogP contribution in [0.3, 0.4) is 0 Å². The van der Waals surface area contributed by atoms with Crippen LogP contribution in [0.1, 0.15) is 27.9 Å². The van der Waals surface area contributed by atoms with E-state index in [0.29, 0.717) is 11.3 Å². The van der Waals surface area contributed by atoms with Crippen LogP contribution in [0.5, 0.6) is 0 Å². The third-order valence-electron chi connectivity index (χ3n) is 4.60. The van der Waals surface area contributed by atoms with E-state index in [4.69, 9.17) is 0 Å². The van der Waals surface area contributed by atoms with E-state index in [1.54, 1.807) is 10.9 Å². The Labute approximate surface area is 164 Å². The Morgan fingerprint density at radius 2 is 1.82 bits per heavy atom. The molecule has 0 bridgehead atoms. The number of benzene rings is 2. The molecule has 6 heteroatoms. The van der Waals surface area contributed by atoms with E-state index in [-0.39, 0.29) is 24.8 Å². The summed E-state index contributed by atoms with van der Waals surface area (Å²) in [5, 5.41) is 7.44. The van der Waals surface area contributed by atoms with Crippen LogP contribution in [0, 0.1) is 13.8 Å². The first kappa shape index (κ1) is 19.4. The van der Waals surface area contributed by atoms with Crippen molar-refractivity contribution in [2.45, 2.75) is 20.3 Å². The lowest BCUT2D eigenvalue weighted by Gasteiger charge is -2.06. The first-order valence-electron chi connectivity index (χ1n) is 9.07. The molecule has 1 heterocycles. The number of ether oxygens (including phenoxy) is 1. The molecule has 0 fully saturated rings. The van der Waals surface area contributed by atoms with Gasteiger partial charge in [0.25, 0.3) is 5.91 Å². The van der Waals surface area contributed by atoms with Gasteiger partial charge in [-0.1, -0.05) is 30.3 Å². The van der Waals surface area contributed by atoms with Gasteiger partial charge in [0.05, 0.1) is 24.8 Å². The summed E-state index contributed by atoms with van der Waals surface area (Å²) in [6.07, 6.45) is 1.83. The SMILES string of the molecule is COC(=O)CCNC(=O)c1cn(-c2ccccc2)nc1-c1ccc(C)c(C)c1. The summed E-state index contributed by atoms with van der Waals surface area (Å²) in [6, 6.07) is 15.6. The van der Waals surface area contributed by atoms with Crippen molar-refractivity contribution in [3.63, 3.8) is 0 Å². The number of carbonyl (C=O) groups is 2. The van der Waals surface area contributed by atoms with Crippen molar-refractivity contribution in [1.82, 2.24) is 15.1 Å². The molecular weight excluding hydrogens is 354 g/mol. The van der Waals surface area contributed by atoms with Crippen LogP contribution >= 0.6 is 0 Å². The van der Waals surface area contributed by atoms with Gasteiger partial charge < -0.3 is 10.1 Å². The molecule has 0 aliphatic heterocycles. The number of methoxy groups -OCH3 is 1. The summed E-state index contributed by atoms with van der Waals surface area (Å²) >= 11 is 0. The van der Waals surface area contributed by atoms with Gasteiger partial charge >= 0.3 is 5.97 Å². The number of hydrogen-bond donors (Lipinski definition) is 1. The van der Waals surface area contributed by atoms with Crippen LogP contribution in [0.25, 0.3) is 16.9 Å². The van der Waals surface area contributed by atoms with Crippen molar-refractivity contribution in [2.24, 2.45) is 0 Å². The van der Waals surface area contributed by atoms with E-state index in [2.05, 4.69) is 15.2 Å². The van der Waals surface area contributed by atoms with Crippen LogP contribution in [0.2, 0.25) is 0 Å². The van der Waals surface area contributed by atoms with E-state index in [9.17, 15) is 9.59 Å². The number of rotatable bonds is 6. The van der Waals surface area contributed by atoms with Crippen molar-refractivity contribution in [1.29, 1.82) is 0 Å². The summed E-state index contributed by atoms with van der Waals surface area (Å²) in [4.78, 5) is 24.1. The highest BCUT2D eigenvalue weighted by Gasteiger charge is 2.19. The largest absolute Gasteiger partial charge is 0.469 e. The number of aryl methyl sites for hydroxylation is 2. The van der Waals surface area contributed by atoms with E-state index in [1.165, 1.54) is 12.7 Å². The normalized spacial score (nSPS) is 10.5. The standard InChI is InChI=1S/C22H23N3O3/c1-15-9-10-17(13-16(15)2)21-19(22(27)23-12-11-20(26)28-3)14-25(24-21)18-7-5-4-6-8-18/h4-10,13-14H,11-12H2,1-3H3,(H,23,27). The second-order valence-corrected chi connectivity index (χ2v) is 6.55. The number of hydrogen-bond acceptors (Lipinski definition) is 4. The Kier molecular flexibility index (Phi) is 5.89. The average Bonchev–Trinajstić information content (AvgIpc) is 3.16. The maximum absolute atomic E-state index is 12.8. The second kappa shape index (κ2) is 8.52. The van der Waals surface area contributed by atoms with Crippen LogP contribution in [0.15, 0.2) is 54.7 Å². The molecule has 144 valence electrons. The highest BCUT2D eigenvalue weighted by molar-refractivity contribution is 6.00. The van der Waals surface area contributed by atoms with Gasteiger partial charge in [-0.2, -0.15) is 5.10 Å². The maximum atomic E-state index is 12.8. The third-order valence-corrected chi connectivity index (χ3v) is 4.60. The Morgan fingerprint density at radius 1 is 1.07 bits per heavy atom. The Morgan fingerprint density at radius 3 is 2.50 bits per heavy atom. The molecule has 28 heavy (non-hydrogen) atoms. The lowest BCUT2D eigenvalue weighted by atomic mass is 10.0. The Balaban J connectivity index is 1.96. The average molecular weight is 377 g/mol.